The van der Waals surface area contributed by atoms with Crippen LogP contribution in [0, 0.1) is 11.8 Å². The summed E-state index contributed by atoms with van der Waals surface area (Å²) in [4.78, 5) is 38.1. The maximum atomic E-state index is 12.5. The van der Waals surface area contributed by atoms with Crippen molar-refractivity contribution in [3.8, 4) is 0 Å². The Balaban J connectivity index is 1.60. The first-order valence-electron chi connectivity index (χ1n) is 10.7. The lowest BCUT2D eigenvalue weighted by atomic mass is 9.87. The van der Waals surface area contributed by atoms with Crippen LogP contribution < -0.4 is 5.32 Å². The number of hydrogen-bond donors (Lipinski definition) is 1. The van der Waals surface area contributed by atoms with E-state index in [0.29, 0.717) is 28.8 Å². The molecule has 0 saturated heterocycles. The minimum atomic E-state index is -0.417. The third kappa shape index (κ3) is 5.81. The van der Waals surface area contributed by atoms with E-state index in [1.165, 1.54) is 17.8 Å². The van der Waals surface area contributed by atoms with E-state index in [0.717, 1.165) is 55.4 Å². The van der Waals surface area contributed by atoms with Crippen LogP contribution in [0.1, 0.15) is 79.6 Å². The molecule has 6 nitrogen and oxygen atoms in total. The van der Waals surface area contributed by atoms with Gasteiger partial charge in [-0.3, -0.25) is 9.59 Å². The summed E-state index contributed by atoms with van der Waals surface area (Å²) >= 11 is 1.44. The summed E-state index contributed by atoms with van der Waals surface area (Å²) in [5.74, 6) is -0.207. The molecule has 0 spiro atoms. The highest BCUT2D eigenvalue weighted by molar-refractivity contribution is 7.17. The van der Waals surface area contributed by atoms with Crippen molar-refractivity contribution in [3.63, 3.8) is 0 Å². The predicted octanol–water partition coefficient (Wildman–Crippen LogP) is 4.50. The van der Waals surface area contributed by atoms with Gasteiger partial charge < -0.3 is 14.8 Å². The van der Waals surface area contributed by atoms with Gasteiger partial charge in [0.2, 0.25) is 0 Å². The van der Waals surface area contributed by atoms with E-state index in [1.807, 2.05) is 0 Å². The Morgan fingerprint density at radius 3 is 2.59 bits per heavy atom. The number of amides is 1. The number of thiophene rings is 1. The third-order valence-corrected chi connectivity index (χ3v) is 6.96. The molecule has 1 amide bonds. The van der Waals surface area contributed by atoms with Gasteiger partial charge in [0.05, 0.1) is 12.2 Å². The average Bonchev–Trinajstić information content (AvgIpc) is 3.04. The fourth-order valence-electron chi connectivity index (χ4n) is 4.25. The Bertz CT molecular complexity index is 751. The lowest BCUT2D eigenvalue weighted by Gasteiger charge is -2.20. The van der Waals surface area contributed by atoms with Crippen LogP contribution in [0.3, 0.4) is 0 Å². The van der Waals surface area contributed by atoms with E-state index in [1.54, 1.807) is 6.92 Å². The molecule has 1 N–H and O–H groups in total. The number of anilines is 1. The molecule has 0 aromatic carbocycles. The number of esters is 2. The fourth-order valence-corrected chi connectivity index (χ4v) is 5.67. The van der Waals surface area contributed by atoms with Crippen LogP contribution in [0.5, 0.6) is 0 Å². The summed E-state index contributed by atoms with van der Waals surface area (Å²) in [5.41, 5.74) is 1.47. The van der Waals surface area contributed by atoms with Gasteiger partial charge in [0, 0.05) is 11.3 Å². The monoisotopic (exact) mass is 421 g/mol. The van der Waals surface area contributed by atoms with Crippen LogP contribution in [0.4, 0.5) is 5.00 Å². The molecule has 1 unspecified atom stereocenters. The van der Waals surface area contributed by atoms with Gasteiger partial charge in [-0.2, -0.15) is 0 Å². The maximum absolute atomic E-state index is 12.5. The topological polar surface area (TPSA) is 81.7 Å². The molecular formula is C22H31NO5S. The average molecular weight is 422 g/mol. The summed E-state index contributed by atoms with van der Waals surface area (Å²) in [5, 5.41) is 3.29. The molecule has 1 atom stereocenters. The van der Waals surface area contributed by atoms with E-state index in [9.17, 15) is 14.4 Å². The number of nitrogens with one attached hydrogen (secondary N) is 1. The van der Waals surface area contributed by atoms with Crippen molar-refractivity contribution < 1.29 is 23.9 Å². The van der Waals surface area contributed by atoms with Crippen LogP contribution in [-0.4, -0.2) is 31.1 Å². The molecular weight excluding hydrogens is 390 g/mol. The molecule has 0 bridgehead atoms. The number of fused-ring (bicyclic) bond motifs is 1. The molecule has 2 aliphatic carbocycles. The summed E-state index contributed by atoms with van der Waals surface area (Å²) in [6, 6.07) is 0. The molecule has 0 radical (unpaired) electrons. The molecule has 7 heteroatoms. The van der Waals surface area contributed by atoms with Crippen LogP contribution in [-0.2, 0) is 31.9 Å². The smallest absolute Gasteiger partial charge is 0.341 e. The summed E-state index contributed by atoms with van der Waals surface area (Å²) < 4.78 is 10.4. The number of rotatable bonds is 7. The largest absolute Gasteiger partial charge is 0.462 e. The zero-order valence-corrected chi connectivity index (χ0v) is 18.2. The zero-order chi connectivity index (χ0) is 20.8. The summed E-state index contributed by atoms with van der Waals surface area (Å²) in [7, 11) is 0. The Labute approximate surface area is 176 Å². The second-order valence-corrected chi connectivity index (χ2v) is 9.30. The lowest BCUT2D eigenvalue weighted by Crippen LogP contribution is -2.23. The molecule has 0 aliphatic heterocycles. The Morgan fingerprint density at radius 1 is 1.10 bits per heavy atom. The second kappa shape index (κ2) is 10.2. The fraction of sp³-hybridized carbons (Fsp3) is 0.682. The van der Waals surface area contributed by atoms with Crippen LogP contribution in [0.15, 0.2) is 0 Å². The molecule has 1 aromatic rings. The zero-order valence-electron chi connectivity index (χ0n) is 17.4. The SMILES string of the molecule is CCOC(=O)c1c(NC(=O)COC(=O)CC2CCCCC2)sc2c1CCC(C)C2. The van der Waals surface area contributed by atoms with Gasteiger partial charge in [-0.05, 0) is 56.4 Å². The van der Waals surface area contributed by atoms with Crippen molar-refractivity contribution in [2.75, 3.05) is 18.5 Å². The molecule has 3 rings (SSSR count). The predicted molar refractivity (Wildman–Crippen MR) is 112 cm³/mol. The van der Waals surface area contributed by atoms with Gasteiger partial charge in [-0.1, -0.05) is 26.2 Å². The summed E-state index contributed by atoms with van der Waals surface area (Å²) in [6.07, 6.45) is 8.79. The minimum Gasteiger partial charge on any atom is -0.462 e. The van der Waals surface area contributed by atoms with Crippen LogP contribution in [0.2, 0.25) is 0 Å². The highest BCUT2D eigenvalue weighted by Crippen LogP contribution is 2.40. The second-order valence-electron chi connectivity index (χ2n) is 8.19. The number of ether oxygens (including phenoxy) is 2. The normalized spacial score (nSPS) is 19.3. The highest BCUT2D eigenvalue weighted by atomic mass is 32.1. The number of hydrogen-bond acceptors (Lipinski definition) is 6. The third-order valence-electron chi connectivity index (χ3n) is 5.79. The Kier molecular flexibility index (Phi) is 7.70. The molecule has 1 saturated carbocycles. The van der Waals surface area contributed by atoms with Gasteiger partial charge >= 0.3 is 11.9 Å². The van der Waals surface area contributed by atoms with E-state index in [4.69, 9.17) is 9.47 Å². The van der Waals surface area contributed by atoms with Crippen LogP contribution in [0.25, 0.3) is 0 Å². The van der Waals surface area contributed by atoms with Gasteiger partial charge in [0.1, 0.15) is 5.00 Å². The maximum Gasteiger partial charge on any atom is 0.341 e. The molecule has 2 aliphatic rings. The van der Waals surface area contributed by atoms with Crippen molar-refractivity contribution in [1.29, 1.82) is 0 Å². The number of carbonyl (C=O) groups is 3. The first kappa shape index (κ1) is 21.8. The van der Waals surface area contributed by atoms with Gasteiger partial charge in [-0.25, -0.2) is 4.79 Å². The standard InChI is InChI=1S/C22H31NO5S/c1-3-27-22(26)20-16-10-9-14(2)11-17(16)29-21(20)23-18(24)13-28-19(25)12-15-7-5-4-6-8-15/h14-15H,3-13H2,1-2H3,(H,23,24). The minimum absolute atomic E-state index is 0.284. The van der Waals surface area contributed by atoms with Crippen molar-refractivity contribution in [2.24, 2.45) is 11.8 Å². The van der Waals surface area contributed by atoms with Crippen LogP contribution >= 0.6 is 11.3 Å². The Hall–Kier alpha value is -1.89. The molecule has 160 valence electrons. The molecule has 1 heterocycles. The van der Waals surface area contributed by atoms with E-state index in [2.05, 4.69) is 12.2 Å². The van der Waals surface area contributed by atoms with Crippen molar-refractivity contribution in [3.05, 3.63) is 16.0 Å². The first-order valence-corrected chi connectivity index (χ1v) is 11.6. The van der Waals surface area contributed by atoms with E-state index >= 15 is 0 Å². The van der Waals surface area contributed by atoms with Gasteiger partial charge in [0.15, 0.2) is 6.61 Å². The number of carbonyl (C=O) groups excluding carboxylic acids is 3. The lowest BCUT2D eigenvalue weighted by molar-refractivity contribution is -0.148. The molecule has 1 fully saturated rings. The Morgan fingerprint density at radius 2 is 1.86 bits per heavy atom. The highest BCUT2D eigenvalue weighted by Gasteiger charge is 2.29. The van der Waals surface area contributed by atoms with Crippen molar-refractivity contribution in [2.45, 2.75) is 71.6 Å². The van der Waals surface area contributed by atoms with Crippen molar-refractivity contribution >= 4 is 34.2 Å². The first-order chi connectivity index (χ1) is 14.0. The van der Waals surface area contributed by atoms with E-state index in [-0.39, 0.29) is 19.2 Å². The molecule has 1 aromatic heterocycles. The molecule has 29 heavy (non-hydrogen) atoms. The van der Waals surface area contributed by atoms with Gasteiger partial charge in [-0.15, -0.1) is 11.3 Å². The van der Waals surface area contributed by atoms with Crippen molar-refractivity contribution in [1.82, 2.24) is 0 Å². The van der Waals surface area contributed by atoms with E-state index < -0.39 is 11.9 Å². The van der Waals surface area contributed by atoms with Gasteiger partial charge in [0.25, 0.3) is 5.91 Å². The quantitative estimate of drug-likeness (QED) is 0.656. The summed E-state index contributed by atoms with van der Waals surface area (Å²) in [6.45, 7) is 3.92.